The molecule has 0 aliphatic rings. The molecule has 0 amide bonds. The summed E-state index contributed by atoms with van der Waals surface area (Å²) in [6, 6.07) is 5.51. The second-order valence-electron chi connectivity index (χ2n) is 3.59. The molecule has 0 atom stereocenters. The van der Waals surface area contributed by atoms with Gasteiger partial charge in [0.25, 0.3) is 0 Å². The number of carbonyl (C=O) groups excluding carboxylic acids is 1. The van der Waals surface area contributed by atoms with Gasteiger partial charge in [-0.2, -0.15) is 4.98 Å². The largest absolute Gasteiger partial charge is 0.478 e. The molecule has 0 aromatic carbocycles. The summed E-state index contributed by atoms with van der Waals surface area (Å²) < 4.78 is 10.3. The molecule has 0 aliphatic carbocycles. The van der Waals surface area contributed by atoms with E-state index in [0.29, 0.717) is 25.6 Å². The van der Waals surface area contributed by atoms with Crippen molar-refractivity contribution >= 4 is 11.8 Å². The maximum Gasteiger partial charge on any atom is 0.325 e. The lowest BCUT2D eigenvalue weighted by Crippen LogP contribution is -2.31. The van der Waals surface area contributed by atoms with Crippen LogP contribution < -0.4 is 9.64 Å². The number of hydrogen-bond donors (Lipinski definition) is 0. The van der Waals surface area contributed by atoms with Crippen molar-refractivity contribution in [2.75, 3.05) is 31.2 Å². The fraction of sp³-hybridized carbons (Fsp3) is 0.538. The number of aromatic nitrogens is 1. The summed E-state index contributed by atoms with van der Waals surface area (Å²) in [6.07, 6.45) is 0. The molecule has 1 aromatic rings. The highest BCUT2D eigenvalue weighted by molar-refractivity contribution is 5.75. The molecule has 0 radical (unpaired) electrons. The van der Waals surface area contributed by atoms with Crippen molar-refractivity contribution in [2.45, 2.75) is 20.8 Å². The lowest BCUT2D eigenvalue weighted by Gasteiger charge is -2.21. The first-order valence-electron chi connectivity index (χ1n) is 6.21. The first kappa shape index (κ1) is 14.3. The third kappa shape index (κ3) is 4.24. The van der Waals surface area contributed by atoms with E-state index >= 15 is 0 Å². The fourth-order valence-corrected chi connectivity index (χ4v) is 1.53. The topological polar surface area (TPSA) is 51.7 Å². The van der Waals surface area contributed by atoms with Gasteiger partial charge in [0.2, 0.25) is 5.88 Å². The molecular weight excluding hydrogens is 232 g/mol. The first-order chi connectivity index (χ1) is 8.71. The van der Waals surface area contributed by atoms with E-state index in [1.807, 2.05) is 30.9 Å². The molecule has 100 valence electrons. The van der Waals surface area contributed by atoms with Crippen molar-refractivity contribution in [1.29, 1.82) is 0 Å². The lowest BCUT2D eigenvalue weighted by molar-refractivity contribution is -0.141. The molecule has 0 saturated heterocycles. The standard InChI is InChI=1S/C13H20N2O3/c1-4-15(10-13(16)18-6-3)11-8-7-9-12(14-11)17-5-2/h7-9H,4-6,10H2,1-3H3. The third-order valence-electron chi connectivity index (χ3n) is 2.33. The van der Waals surface area contributed by atoms with E-state index in [4.69, 9.17) is 9.47 Å². The van der Waals surface area contributed by atoms with Crippen molar-refractivity contribution in [1.82, 2.24) is 4.98 Å². The Morgan fingerprint density at radius 2 is 2.06 bits per heavy atom. The second-order valence-corrected chi connectivity index (χ2v) is 3.59. The highest BCUT2D eigenvalue weighted by atomic mass is 16.5. The Bertz CT molecular complexity index is 382. The van der Waals surface area contributed by atoms with Crippen LogP contribution in [0.5, 0.6) is 5.88 Å². The number of nitrogens with zero attached hydrogens (tertiary/aromatic N) is 2. The van der Waals surface area contributed by atoms with Crippen LogP contribution in [0.3, 0.4) is 0 Å². The summed E-state index contributed by atoms with van der Waals surface area (Å²) in [5.74, 6) is 1.04. The predicted octanol–water partition coefficient (Wildman–Crippen LogP) is 1.87. The minimum atomic E-state index is -0.247. The van der Waals surface area contributed by atoms with Crippen molar-refractivity contribution < 1.29 is 14.3 Å². The molecule has 0 bridgehead atoms. The van der Waals surface area contributed by atoms with Gasteiger partial charge in [0.15, 0.2) is 0 Å². The number of rotatable bonds is 7. The zero-order valence-electron chi connectivity index (χ0n) is 11.2. The van der Waals surface area contributed by atoms with Crippen LogP contribution in [-0.2, 0) is 9.53 Å². The van der Waals surface area contributed by atoms with Crippen LogP contribution >= 0.6 is 0 Å². The van der Waals surface area contributed by atoms with Gasteiger partial charge in [-0.3, -0.25) is 4.79 Å². The van der Waals surface area contributed by atoms with Crippen LogP contribution in [0.4, 0.5) is 5.82 Å². The smallest absolute Gasteiger partial charge is 0.325 e. The Labute approximate surface area is 108 Å². The van der Waals surface area contributed by atoms with Crippen molar-refractivity contribution in [3.05, 3.63) is 18.2 Å². The molecule has 0 spiro atoms. The maximum atomic E-state index is 11.5. The molecule has 0 aliphatic heterocycles. The molecule has 0 unspecified atom stereocenters. The molecule has 1 aromatic heterocycles. The average molecular weight is 252 g/mol. The highest BCUT2D eigenvalue weighted by Crippen LogP contribution is 2.15. The minimum absolute atomic E-state index is 0.201. The predicted molar refractivity (Wildman–Crippen MR) is 69.9 cm³/mol. The van der Waals surface area contributed by atoms with Gasteiger partial charge in [-0.05, 0) is 26.8 Å². The minimum Gasteiger partial charge on any atom is -0.478 e. The molecule has 0 saturated carbocycles. The Balaban J connectivity index is 2.74. The van der Waals surface area contributed by atoms with Gasteiger partial charge in [0.05, 0.1) is 13.2 Å². The molecule has 0 N–H and O–H groups in total. The van der Waals surface area contributed by atoms with Gasteiger partial charge in [-0.1, -0.05) is 6.07 Å². The van der Waals surface area contributed by atoms with E-state index in [9.17, 15) is 4.79 Å². The van der Waals surface area contributed by atoms with E-state index < -0.39 is 0 Å². The second kappa shape index (κ2) is 7.53. The molecule has 1 rings (SSSR count). The van der Waals surface area contributed by atoms with Crippen LogP contribution in [0.2, 0.25) is 0 Å². The monoisotopic (exact) mass is 252 g/mol. The van der Waals surface area contributed by atoms with Gasteiger partial charge in [-0.15, -0.1) is 0 Å². The van der Waals surface area contributed by atoms with Crippen LogP contribution in [0.15, 0.2) is 18.2 Å². The number of pyridine rings is 1. The van der Waals surface area contributed by atoms with E-state index in [0.717, 1.165) is 5.82 Å². The summed E-state index contributed by atoms with van der Waals surface area (Å²) in [5, 5.41) is 0. The molecule has 18 heavy (non-hydrogen) atoms. The van der Waals surface area contributed by atoms with E-state index in [1.54, 1.807) is 13.0 Å². The van der Waals surface area contributed by atoms with Crippen LogP contribution in [0.25, 0.3) is 0 Å². The lowest BCUT2D eigenvalue weighted by atomic mass is 10.4. The van der Waals surface area contributed by atoms with Crippen LogP contribution in [-0.4, -0.2) is 37.3 Å². The van der Waals surface area contributed by atoms with Crippen molar-refractivity contribution in [3.8, 4) is 5.88 Å². The summed E-state index contributed by atoms with van der Waals surface area (Å²) in [4.78, 5) is 17.7. The van der Waals surface area contributed by atoms with Gasteiger partial charge >= 0.3 is 5.97 Å². The van der Waals surface area contributed by atoms with Gasteiger partial charge < -0.3 is 14.4 Å². The SMILES string of the molecule is CCOC(=O)CN(CC)c1cccc(OCC)n1. The number of hydrogen-bond acceptors (Lipinski definition) is 5. The van der Waals surface area contributed by atoms with Crippen molar-refractivity contribution in [2.24, 2.45) is 0 Å². The van der Waals surface area contributed by atoms with E-state index in [-0.39, 0.29) is 12.5 Å². The zero-order chi connectivity index (χ0) is 13.4. The molecular formula is C13H20N2O3. The highest BCUT2D eigenvalue weighted by Gasteiger charge is 2.12. The summed E-state index contributed by atoms with van der Waals surface area (Å²) in [6.45, 7) is 7.51. The van der Waals surface area contributed by atoms with Gasteiger partial charge in [-0.25, -0.2) is 0 Å². The maximum absolute atomic E-state index is 11.5. The Kier molecular flexibility index (Phi) is 5.97. The normalized spacial score (nSPS) is 9.94. The number of carbonyl (C=O) groups is 1. The number of esters is 1. The first-order valence-corrected chi connectivity index (χ1v) is 6.21. The quantitative estimate of drug-likeness (QED) is 0.693. The van der Waals surface area contributed by atoms with Crippen molar-refractivity contribution in [3.63, 3.8) is 0 Å². The molecule has 1 heterocycles. The summed E-state index contributed by atoms with van der Waals surface area (Å²) in [5.41, 5.74) is 0. The van der Waals surface area contributed by atoms with Crippen LogP contribution in [0.1, 0.15) is 20.8 Å². The summed E-state index contributed by atoms with van der Waals surface area (Å²) >= 11 is 0. The Hall–Kier alpha value is -1.78. The van der Waals surface area contributed by atoms with Gasteiger partial charge in [0, 0.05) is 12.6 Å². The van der Waals surface area contributed by atoms with E-state index in [1.165, 1.54) is 0 Å². The fourth-order valence-electron chi connectivity index (χ4n) is 1.53. The molecule has 5 heteroatoms. The summed E-state index contributed by atoms with van der Waals surface area (Å²) in [7, 11) is 0. The van der Waals surface area contributed by atoms with Gasteiger partial charge in [0.1, 0.15) is 12.4 Å². The Morgan fingerprint density at radius 3 is 2.67 bits per heavy atom. The van der Waals surface area contributed by atoms with E-state index in [2.05, 4.69) is 4.98 Å². The third-order valence-corrected chi connectivity index (χ3v) is 2.33. The number of likely N-dealkylation sites (N-methyl/N-ethyl adjacent to an activating group) is 1. The van der Waals surface area contributed by atoms with Crippen LogP contribution in [0, 0.1) is 0 Å². The number of ether oxygens (including phenoxy) is 2. The zero-order valence-corrected chi connectivity index (χ0v) is 11.2. The molecule has 5 nitrogen and oxygen atoms in total. The molecule has 0 fully saturated rings. The number of anilines is 1. The Morgan fingerprint density at radius 1 is 1.28 bits per heavy atom. The average Bonchev–Trinajstić information content (AvgIpc) is 2.37.